The molecular weight excluding hydrogens is 487 g/mol. The molecule has 10 heteroatoms. The Labute approximate surface area is 171 Å². The average Bonchev–Trinajstić information content (AvgIpc) is 2.50. The first-order chi connectivity index (χ1) is 12.1. The molecule has 0 amide bonds. The van der Waals surface area contributed by atoms with Crippen LogP contribution in [0.2, 0.25) is 0 Å². The van der Waals surface area contributed by atoms with Crippen LogP contribution in [0.1, 0.15) is 36.8 Å². The van der Waals surface area contributed by atoms with Crippen molar-refractivity contribution < 1.29 is 26.3 Å². The highest BCUT2D eigenvalue weighted by Gasteiger charge is 2.40. The molecule has 1 aromatic rings. The van der Waals surface area contributed by atoms with Crippen LogP contribution in [0.4, 0.5) is 26.3 Å². The fourth-order valence-electron chi connectivity index (χ4n) is 2.99. The lowest BCUT2D eigenvalue weighted by Crippen LogP contribution is -2.49. The molecule has 0 aliphatic heterocycles. The van der Waals surface area contributed by atoms with Gasteiger partial charge in [0, 0.05) is 25.6 Å². The van der Waals surface area contributed by atoms with Crippen LogP contribution in [-0.2, 0) is 11.6 Å². The average molecular weight is 509 g/mol. The molecule has 0 bridgehead atoms. The van der Waals surface area contributed by atoms with Crippen molar-refractivity contribution in [1.82, 2.24) is 10.6 Å². The summed E-state index contributed by atoms with van der Waals surface area (Å²) in [5.41, 5.74) is -0.589. The van der Waals surface area contributed by atoms with E-state index >= 15 is 0 Å². The van der Waals surface area contributed by atoms with Gasteiger partial charge in [-0.05, 0) is 24.5 Å². The molecule has 1 aliphatic rings. The van der Waals surface area contributed by atoms with Crippen LogP contribution in [0, 0.1) is 0 Å². The molecule has 27 heavy (non-hydrogen) atoms. The van der Waals surface area contributed by atoms with Crippen molar-refractivity contribution in [2.45, 2.75) is 43.5 Å². The van der Waals surface area contributed by atoms with Gasteiger partial charge in [0.15, 0.2) is 5.96 Å². The number of rotatable bonds is 5. The first kappa shape index (κ1) is 23.8. The number of aliphatic imine (C=N–C) groups is 1. The lowest BCUT2D eigenvalue weighted by Gasteiger charge is -2.43. The van der Waals surface area contributed by atoms with Gasteiger partial charge < -0.3 is 10.6 Å². The van der Waals surface area contributed by atoms with Crippen LogP contribution in [0.25, 0.3) is 0 Å². The van der Waals surface area contributed by atoms with Crippen molar-refractivity contribution in [3.05, 3.63) is 35.4 Å². The topological polar surface area (TPSA) is 36.4 Å². The molecule has 0 saturated heterocycles. The summed E-state index contributed by atoms with van der Waals surface area (Å²) in [6, 6.07) is 5.23. The molecule has 1 aliphatic carbocycles. The highest BCUT2D eigenvalue weighted by molar-refractivity contribution is 14.0. The first-order valence-corrected chi connectivity index (χ1v) is 8.25. The van der Waals surface area contributed by atoms with Gasteiger partial charge in [0.1, 0.15) is 0 Å². The largest absolute Gasteiger partial charge is 0.416 e. The summed E-state index contributed by atoms with van der Waals surface area (Å²) in [7, 11) is 1.43. The molecule has 1 aromatic carbocycles. The van der Waals surface area contributed by atoms with E-state index in [9.17, 15) is 26.3 Å². The van der Waals surface area contributed by atoms with Crippen molar-refractivity contribution in [3.63, 3.8) is 0 Å². The standard InChI is InChI=1S/C17H21F6N3.HI/c1-24-14(25-9-8-16(18,19)20)26-11-15(6-3-7-15)12-4-2-5-13(10-12)17(21,22)23;/h2,4-5,10H,3,6-9,11H2,1H3,(H2,24,25,26);1H. The zero-order valence-corrected chi connectivity index (χ0v) is 17.0. The smallest absolute Gasteiger partial charge is 0.356 e. The molecule has 2 rings (SSSR count). The molecule has 0 radical (unpaired) electrons. The Kier molecular flexibility index (Phi) is 8.24. The van der Waals surface area contributed by atoms with Crippen LogP contribution in [0.15, 0.2) is 29.3 Å². The Bertz CT molecular complexity index is 638. The number of benzene rings is 1. The van der Waals surface area contributed by atoms with Crippen LogP contribution >= 0.6 is 24.0 Å². The third kappa shape index (κ3) is 6.72. The highest BCUT2D eigenvalue weighted by atomic mass is 127. The third-order valence-electron chi connectivity index (χ3n) is 4.63. The van der Waals surface area contributed by atoms with Gasteiger partial charge in [-0.2, -0.15) is 26.3 Å². The molecule has 154 valence electrons. The van der Waals surface area contributed by atoms with E-state index < -0.39 is 29.8 Å². The number of nitrogens with zero attached hydrogens (tertiary/aromatic N) is 1. The number of guanidine groups is 1. The van der Waals surface area contributed by atoms with E-state index in [0.717, 1.165) is 18.6 Å². The van der Waals surface area contributed by atoms with Crippen molar-refractivity contribution in [3.8, 4) is 0 Å². The lowest BCUT2D eigenvalue weighted by atomic mass is 9.64. The van der Waals surface area contributed by atoms with Gasteiger partial charge in [-0.15, -0.1) is 24.0 Å². The maximum absolute atomic E-state index is 12.9. The lowest BCUT2D eigenvalue weighted by molar-refractivity contribution is -0.137. The van der Waals surface area contributed by atoms with Crippen molar-refractivity contribution in [1.29, 1.82) is 0 Å². The van der Waals surface area contributed by atoms with Crippen LogP contribution < -0.4 is 10.6 Å². The Morgan fingerprint density at radius 2 is 1.78 bits per heavy atom. The van der Waals surface area contributed by atoms with Gasteiger partial charge in [0.25, 0.3) is 0 Å². The van der Waals surface area contributed by atoms with E-state index in [0.29, 0.717) is 24.9 Å². The van der Waals surface area contributed by atoms with E-state index in [2.05, 4.69) is 15.6 Å². The SMILES string of the molecule is CN=C(NCCC(F)(F)F)NCC1(c2cccc(C(F)(F)F)c2)CCC1.I. The number of halogens is 7. The highest BCUT2D eigenvalue weighted by Crippen LogP contribution is 2.44. The maximum atomic E-state index is 12.9. The summed E-state index contributed by atoms with van der Waals surface area (Å²) in [4.78, 5) is 3.87. The van der Waals surface area contributed by atoms with Gasteiger partial charge >= 0.3 is 12.4 Å². The van der Waals surface area contributed by atoms with Crippen LogP contribution in [-0.4, -0.2) is 32.3 Å². The fraction of sp³-hybridized carbons (Fsp3) is 0.588. The van der Waals surface area contributed by atoms with Crippen molar-refractivity contribution >= 4 is 29.9 Å². The molecule has 1 fully saturated rings. The molecular formula is C17H22F6IN3. The van der Waals surface area contributed by atoms with Gasteiger partial charge in [-0.25, -0.2) is 0 Å². The predicted octanol–water partition coefficient (Wildman–Crippen LogP) is 4.86. The van der Waals surface area contributed by atoms with E-state index in [1.54, 1.807) is 6.07 Å². The molecule has 1 saturated carbocycles. The second-order valence-corrected chi connectivity index (χ2v) is 6.43. The van der Waals surface area contributed by atoms with E-state index in [1.165, 1.54) is 13.1 Å². The van der Waals surface area contributed by atoms with E-state index in [1.807, 2.05) is 0 Å². The Morgan fingerprint density at radius 3 is 2.26 bits per heavy atom. The zero-order chi connectivity index (χ0) is 19.4. The Morgan fingerprint density at radius 1 is 1.11 bits per heavy atom. The number of nitrogens with one attached hydrogen (secondary N) is 2. The van der Waals surface area contributed by atoms with Gasteiger partial charge in [0.05, 0.1) is 12.0 Å². The normalized spacial score (nSPS) is 16.9. The Hall–Kier alpha value is -1.20. The fourth-order valence-corrected chi connectivity index (χ4v) is 2.99. The predicted molar refractivity (Wildman–Crippen MR) is 102 cm³/mol. The van der Waals surface area contributed by atoms with Crippen molar-refractivity contribution in [2.75, 3.05) is 20.1 Å². The molecule has 0 spiro atoms. The van der Waals surface area contributed by atoms with Crippen LogP contribution in [0.3, 0.4) is 0 Å². The van der Waals surface area contributed by atoms with E-state index in [4.69, 9.17) is 0 Å². The molecule has 2 N–H and O–H groups in total. The molecule has 3 nitrogen and oxygen atoms in total. The minimum Gasteiger partial charge on any atom is -0.356 e. The Balaban J connectivity index is 0.00000364. The second kappa shape index (κ2) is 9.33. The molecule has 0 unspecified atom stereocenters. The third-order valence-corrected chi connectivity index (χ3v) is 4.63. The molecule has 0 aromatic heterocycles. The summed E-state index contributed by atoms with van der Waals surface area (Å²) >= 11 is 0. The number of hydrogen-bond acceptors (Lipinski definition) is 1. The van der Waals surface area contributed by atoms with E-state index in [-0.39, 0.29) is 36.5 Å². The maximum Gasteiger partial charge on any atom is 0.416 e. The van der Waals surface area contributed by atoms with Gasteiger partial charge in [-0.1, -0.05) is 24.6 Å². The summed E-state index contributed by atoms with van der Waals surface area (Å²) in [6.07, 6.45) is -7.37. The van der Waals surface area contributed by atoms with Crippen LogP contribution in [0.5, 0.6) is 0 Å². The minimum atomic E-state index is -4.41. The number of hydrogen-bond donors (Lipinski definition) is 2. The summed E-state index contributed by atoms with van der Waals surface area (Å²) < 4.78 is 75.5. The van der Waals surface area contributed by atoms with Crippen molar-refractivity contribution in [2.24, 2.45) is 4.99 Å². The zero-order valence-electron chi connectivity index (χ0n) is 14.7. The molecule has 0 heterocycles. The molecule has 0 atom stereocenters. The summed E-state index contributed by atoms with van der Waals surface area (Å²) in [5.74, 6) is 0.201. The summed E-state index contributed by atoms with van der Waals surface area (Å²) in [5, 5.41) is 5.52. The minimum absolute atomic E-state index is 0. The monoisotopic (exact) mass is 509 g/mol. The van der Waals surface area contributed by atoms with Gasteiger partial charge in [0.2, 0.25) is 0 Å². The second-order valence-electron chi connectivity index (χ2n) is 6.43. The quantitative estimate of drug-likeness (QED) is 0.258. The summed E-state index contributed by atoms with van der Waals surface area (Å²) in [6.45, 7) is -0.0142. The number of alkyl halides is 6. The van der Waals surface area contributed by atoms with Gasteiger partial charge in [-0.3, -0.25) is 4.99 Å². The first-order valence-electron chi connectivity index (χ1n) is 8.25.